The van der Waals surface area contributed by atoms with Gasteiger partial charge in [0.1, 0.15) is 6.10 Å². The summed E-state index contributed by atoms with van der Waals surface area (Å²) < 4.78 is 16.5. The Kier molecular flexibility index (Phi) is 7.14. The van der Waals surface area contributed by atoms with Crippen molar-refractivity contribution in [3.63, 3.8) is 0 Å². The number of nitrogens with one attached hydrogen (secondary N) is 2. The predicted octanol–water partition coefficient (Wildman–Crippen LogP) is 2.41. The number of fused-ring (bicyclic) bond motifs is 1. The number of ether oxygens (including phenoxy) is 3. The Morgan fingerprint density at radius 2 is 1.84 bits per heavy atom. The van der Waals surface area contributed by atoms with E-state index in [0.717, 1.165) is 5.56 Å². The van der Waals surface area contributed by atoms with E-state index in [4.69, 9.17) is 25.8 Å². The van der Waals surface area contributed by atoms with E-state index in [2.05, 4.69) is 10.6 Å². The Balaban J connectivity index is 1.26. The van der Waals surface area contributed by atoms with Crippen molar-refractivity contribution < 1.29 is 28.9 Å². The molecule has 0 saturated carbocycles. The van der Waals surface area contributed by atoms with Gasteiger partial charge in [-0.15, -0.1) is 0 Å². The average Bonchev–Trinajstić information content (AvgIpc) is 3.27. The minimum absolute atomic E-state index is 0.135. The summed E-state index contributed by atoms with van der Waals surface area (Å²) in [6, 6.07) is 11.9. The zero-order chi connectivity index (χ0) is 22.5. The molecule has 9 heteroatoms. The number of hydrogen-bond acceptors (Lipinski definition) is 6. The number of amides is 2. The smallest absolute Gasteiger partial charge is 0.251 e. The molecule has 3 atom stereocenters. The minimum Gasteiger partial charge on any atom is -0.454 e. The first-order valence-electron chi connectivity index (χ1n) is 10.5. The van der Waals surface area contributed by atoms with Crippen LogP contribution in [0.5, 0.6) is 11.5 Å². The third-order valence-corrected chi connectivity index (χ3v) is 5.81. The van der Waals surface area contributed by atoms with Gasteiger partial charge in [-0.25, -0.2) is 0 Å². The fraction of sp³-hybridized carbons (Fsp3) is 0.391. The molecule has 0 spiro atoms. The number of halogens is 1. The van der Waals surface area contributed by atoms with E-state index in [1.54, 1.807) is 30.3 Å². The van der Waals surface area contributed by atoms with Crippen LogP contribution in [0.1, 0.15) is 35.2 Å². The molecule has 2 heterocycles. The molecular formula is C23H25ClN2O6. The van der Waals surface area contributed by atoms with E-state index in [9.17, 15) is 14.7 Å². The molecule has 3 N–H and O–H groups in total. The molecule has 0 unspecified atom stereocenters. The van der Waals surface area contributed by atoms with Crippen molar-refractivity contribution in [1.82, 2.24) is 10.6 Å². The van der Waals surface area contributed by atoms with Gasteiger partial charge in [0.2, 0.25) is 12.7 Å². The lowest BCUT2D eigenvalue weighted by atomic mass is 9.96. The minimum atomic E-state index is -0.587. The normalized spacial score (nSPS) is 21.8. The molecule has 8 nitrogen and oxygen atoms in total. The number of carbonyl (C=O) groups is 2. The first-order valence-corrected chi connectivity index (χ1v) is 10.9. The number of carbonyl (C=O) groups excluding carboxylic acids is 2. The maximum atomic E-state index is 12.7. The zero-order valence-corrected chi connectivity index (χ0v) is 18.1. The van der Waals surface area contributed by atoms with E-state index in [-0.39, 0.29) is 43.8 Å². The third-order valence-electron chi connectivity index (χ3n) is 5.56. The predicted molar refractivity (Wildman–Crippen MR) is 117 cm³/mol. The fourth-order valence-corrected chi connectivity index (χ4v) is 3.94. The van der Waals surface area contributed by atoms with Crippen LogP contribution in [-0.2, 0) is 16.1 Å². The van der Waals surface area contributed by atoms with Crippen LogP contribution in [0.15, 0.2) is 42.5 Å². The van der Waals surface area contributed by atoms with E-state index in [0.29, 0.717) is 41.5 Å². The molecule has 0 radical (unpaired) electrons. The van der Waals surface area contributed by atoms with Crippen LogP contribution >= 0.6 is 11.6 Å². The summed E-state index contributed by atoms with van der Waals surface area (Å²) in [4.78, 5) is 25.0. The highest BCUT2D eigenvalue weighted by atomic mass is 35.5. The lowest BCUT2D eigenvalue weighted by molar-refractivity contribution is -0.131. The number of aliphatic hydroxyl groups excluding tert-OH is 1. The summed E-state index contributed by atoms with van der Waals surface area (Å²) in [5.41, 5.74) is 1.39. The summed E-state index contributed by atoms with van der Waals surface area (Å²) >= 11 is 5.87. The molecule has 0 bridgehead atoms. The second kappa shape index (κ2) is 10.2. The molecule has 32 heavy (non-hydrogen) atoms. The fourth-order valence-electron chi connectivity index (χ4n) is 3.82. The molecule has 2 aliphatic rings. The van der Waals surface area contributed by atoms with Crippen LogP contribution in [0.4, 0.5) is 0 Å². The Labute approximate surface area is 190 Å². The lowest BCUT2D eigenvalue weighted by Crippen LogP contribution is -2.51. The SMILES string of the molecule is O=C(C[C@H]1CC[C@@H](NC(=O)c2ccc3c(c2)OCO3)[C@H](CO)O1)NCc1ccc(Cl)cc1. The number of hydrogen-bond donors (Lipinski definition) is 3. The number of benzene rings is 2. The van der Waals surface area contributed by atoms with Crippen LogP contribution < -0.4 is 20.1 Å². The molecule has 2 amide bonds. The summed E-state index contributed by atoms with van der Waals surface area (Å²) in [6.07, 6.45) is 0.465. The zero-order valence-electron chi connectivity index (χ0n) is 17.4. The van der Waals surface area contributed by atoms with Crippen LogP contribution in [0.3, 0.4) is 0 Å². The topological polar surface area (TPSA) is 106 Å². The van der Waals surface area contributed by atoms with E-state index in [1.807, 2.05) is 12.1 Å². The summed E-state index contributed by atoms with van der Waals surface area (Å²) in [6.45, 7) is 0.285. The first-order chi connectivity index (χ1) is 15.5. The van der Waals surface area contributed by atoms with Gasteiger partial charge in [-0.2, -0.15) is 0 Å². The van der Waals surface area contributed by atoms with E-state index < -0.39 is 6.10 Å². The second-order valence-electron chi connectivity index (χ2n) is 7.81. The van der Waals surface area contributed by atoms with Crippen molar-refractivity contribution in [3.8, 4) is 11.5 Å². The summed E-state index contributed by atoms with van der Waals surface area (Å²) in [5.74, 6) is 0.716. The maximum absolute atomic E-state index is 12.7. The molecule has 0 aliphatic carbocycles. The van der Waals surface area contributed by atoms with Gasteiger partial charge in [0, 0.05) is 17.1 Å². The van der Waals surface area contributed by atoms with Crippen molar-refractivity contribution >= 4 is 23.4 Å². The van der Waals surface area contributed by atoms with Gasteiger partial charge < -0.3 is 30.0 Å². The van der Waals surface area contributed by atoms with Gasteiger partial charge in [0.25, 0.3) is 5.91 Å². The highest BCUT2D eigenvalue weighted by Gasteiger charge is 2.33. The lowest BCUT2D eigenvalue weighted by Gasteiger charge is -2.36. The van der Waals surface area contributed by atoms with Crippen LogP contribution in [-0.4, -0.2) is 48.6 Å². The highest BCUT2D eigenvalue weighted by Crippen LogP contribution is 2.32. The van der Waals surface area contributed by atoms with Crippen molar-refractivity contribution in [2.45, 2.75) is 44.1 Å². The van der Waals surface area contributed by atoms with Crippen LogP contribution in [0, 0.1) is 0 Å². The van der Waals surface area contributed by atoms with E-state index >= 15 is 0 Å². The molecule has 2 aromatic carbocycles. The Hall–Kier alpha value is -2.81. The Bertz CT molecular complexity index is 967. The van der Waals surface area contributed by atoms with Gasteiger partial charge >= 0.3 is 0 Å². The highest BCUT2D eigenvalue weighted by molar-refractivity contribution is 6.30. The molecule has 1 fully saturated rings. The summed E-state index contributed by atoms with van der Waals surface area (Å²) in [5, 5.41) is 16.2. The van der Waals surface area contributed by atoms with Crippen LogP contribution in [0.2, 0.25) is 5.02 Å². The van der Waals surface area contributed by atoms with Crippen LogP contribution in [0.25, 0.3) is 0 Å². The first kappa shape index (κ1) is 22.4. The standard InChI is InChI=1S/C23H25ClN2O6/c24-16-4-1-14(2-5-16)11-25-22(28)10-17-6-7-18(21(12-27)32-17)26-23(29)15-3-8-19-20(9-15)31-13-30-19/h1-5,8-9,17-18,21,27H,6-7,10-13H2,(H,25,28)(H,26,29)/t17-,18-,21+/m1/s1. The molecule has 2 aliphatic heterocycles. The largest absolute Gasteiger partial charge is 0.454 e. The van der Waals surface area contributed by atoms with Gasteiger partial charge in [0.15, 0.2) is 11.5 Å². The molecule has 4 rings (SSSR count). The molecule has 170 valence electrons. The maximum Gasteiger partial charge on any atom is 0.251 e. The van der Waals surface area contributed by atoms with Crippen molar-refractivity contribution in [1.29, 1.82) is 0 Å². The van der Waals surface area contributed by atoms with Gasteiger partial charge in [-0.05, 0) is 48.7 Å². The van der Waals surface area contributed by atoms with Gasteiger partial charge in [-0.1, -0.05) is 23.7 Å². The second-order valence-corrected chi connectivity index (χ2v) is 8.25. The molecule has 0 aromatic heterocycles. The van der Waals surface area contributed by atoms with Crippen molar-refractivity contribution in [2.24, 2.45) is 0 Å². The van der Waals surface area contributed by atoms with E-state index in [1.165, 1.54) is 0 Å². The Morgan fingerprint density at radius 3 is 2.62 bits per heavy atom. The van der Waals surface area contributed by atoms with Crippen molar-refractivity contribution in [3.05, 3.63) is 58.6 Å². The average molecular weight is 461 g/mol. The molecule has 1 saturated heterocycles. The van der Waals surface area contributed by atoms with Gasteiger partial charge in [0.05, 0.1) is 25.2 Å². The molecule has 2 aromatic rings. The Morgan fingerprint density at radius 1 is 1.06 bits per heavy atom. The van der Waals surface area contributed by atoms with Crippen molar-refractivity contribution in [2.75, 3.05) is 13.4 Å². The number of aliphatic hydroxyl groups is 1. The number of rotatable bonds is 7. The summed E-state index contributed by atoms with van der Waals surface area (Å²) in [7, 11) is 0. The molecular weight excluding hydrogens is 436 g/mol. The third kappa shape index (κ3) is 5.51. The van der Waals surface area contributed by atoms with Gasteiger partial charge in [-0.3, -0.25) is 9.59 Å². The quantitative estimate of drug-likeness (QED) is 0.586. The monoisotopic (exact) mass is 460 g/mol.